The number of nitrogens with zero attached hydrogens (tertiary/aromatic N) is 2. The van der Waals surface area contributed by atoms with Gasteiger partial charge in [0.15, 0.2) is 0 Å². The van der Waals surface area contributed by atoms with E-state index in [2.05, 4.69) is 211 Å². The third-order valence-corrected chi connectivity index (χ3v) is 13.1. The van der Waals surface area contributed by atoms with E-state index >= 15 is 0 Å². The molecule has 302 valence electrons. The Morgan fingerprint density at radius 3 is 1.16 bits per heavy atom. The summed E-state index contributed by atoms with van der Waals surface area (Å²) in [5.41, 5.74) is 20.1. The molecule has 0 unspecified atom stereocenters. The number of aryl methyl sites for hydroxylation is 8. The summed E-state index contributed by atoms with van der Waals surface area (Å²) < 4.78 is 13.8. The molecule has 0 aliphatic carbocycles. The van der Waals surface area contributed by atoms with E-state index in [4.69, 9.17) is 8.83 Å². The molecule has 0 atom stereocenters. The molecular formula is C58H48N2O2. The molecule has 0 spiro atoms. The molecule has 0 aliphatic rings. The minimum absolute atomic E-state index is 0.877. The normalized spacial score (nSPS) is 11.9. The van der Waals surface area contributed by atoms with Gasteiger partial charge >= 0.3 is 0 Å². The molecule has 0 aliphatic heterocycles. The molecule has 4 nitrogen and oxygen atoms in total. The molecule has 0 saturated carbocycles. The summed E-state index contributed by atoms with van der Waals surface area (Å²) >= 11 is 0. The number of hydrogen-bond acceptors (Lipinski definition) is 4. The monoisotopic (exact) mass is 804 g/mol. The lowest BCUT2D eigenvalue weighted by Crippen LogP contribution is -2.12. The van der Waals surface area contributed by atoms with Gasteiger partial charge in [-0.3, -0.25) is 0 Å². The number of anilines is 6. The minimum atomic E-state index is 0.877. The highest BCUT2D eigenvalue weighted by Gasteiger charge is 2.24. The molecule has 4 heteroatoms. The smallest absolute Gasteiger partial charge is 0.139 e. The van der Waals surface area contributed by atoms with Crippen molar-refractivity contribution in [2.24, 2.45) is 0 Å². The molecule has 0 N–H and O–H groups in total. The molecule has 11 aromatic rings. The standard InChI is InChI=1S/C58H48N2O2/c1-33-17-19-37(5)51(25-33)59(49-15-11-9-13-35(49)3)45-23-21-41-29-47-53(31-43(41)27-45)61-57-40(8)56-48-30-42-22-24-46(28-44(42)32-54(48)62-58(56)39(7)55(47)57)60(50-16-12-10-14-36(50)4)52-26-34(2)18-20-38(52)6/h9-32H,1-8H3. The van der Waals surface area contributed by atoms with Crippen LogP contribution in [0.1, 0.15) is 44.5 Å². The Balaban J connectivity index is 1.05. The van der Waals surface area contributed by atoms with E-state index in [1.807, 2.05) is 0 Å². The van der Waals surface area contributed by atoms with Gasteiger partial charge < -0.3 is 18.6 Å². The zero-order valence-electron chi connectivity index (χ0n) is 36.6. The number of fused-ring (bicyclic) bond motifs is 8. The van der Waals surface area contributed by atoms with E-state index in [1.54, 1.807) is 0 Å². The maximum atomic E-state index is 6.90. The van der Waals surface area contributed by atoms with Crippen molar-refractivity contribution in [2.75, 3.05) is 9.80 Å². The molecule has 0 amide bonds. The third kappa shape index (κ3) is 5.89. The first-order valence-electron chi connectivity index (χ1n) is 21.6. The van der Waals surface area contributed by atoms with Crippen molar-refractivity contribution in [3.05, 3.63) is 190 Å². The molecule has 0 saturated heterocycles. The number of hydrogen-bond donors (Lipinski definition) is 0. The zero-order valence-corrected chi connectivity index (χ0v) is 36.6. The minimum Gasteiger partial charge on any atom is -0.456 e. The van der Waals surface area contributed by atoms with Crippen LogP contribution in [0, 0.1) is 55.4 Å². The van der Waals surface area contributed by atoms with Crippen molar-refractivity contribution in [3.8, 4) is 0 Å². The van der Waals surface area contributed by atoms with Crippen molar-refractivity contribution in [2.45, 2.75) is 55.4 Å². The second-order valence-electron chi connectivity index (χ2n) is 17.4. The van der Waals surface area contributed by atoms with E-state index in [-0.39, 0.29) is 0 Å². The van der Waals surface area contributed by atoms with Crippen LogP contribution in [0.4, 0.5) is 34.1 Å². The topological polar surface area (TPSA) is 32.8 Å². The highest BCUT2D eigenvalue weighted by molar-refractivity contribution is 6.22. The fourth-order valence-electron chi connectivity index (χ4n) is 9.80. The fraction of sp³-hybridized carbons (Fsp3) is 0.138. The third-order valence-electron chi connectivity index (χ3n) is 13.1. The Hall–Kier alpha value is -7.30. The molecule has 2 heterocycles. The largest absolute Gasteiger partial charge is 0.456 e. The lowest BCUT2D eigenvalue weighted by molar-refractivity contribution is 0.660. The number of furan rings is 2. The van der Waals surface area contributed by atoms with E-state index in [0.717, 1.165) is 77.2 Å². The van der Waals surface area contributed by atoms with Gasteiger partial charge in [-0.05, 0) is 183 Å². The summed E-state index contributed by atoms with van der Waals surface area (Å²) in [6.45, 7) is 17.4. The molecule has 0 radical (unpaired) electrons. The van der Waals surface area contributed by atoms with Gasteiger partial charge in [-0.25, -0.2) is 0 Å². The Morgan fingerprint density at radius 1 is 0.339 bits per heavy atom. The first-order valence-corrected chi connectivity index (χ1v) is 21.6. The summed E-state index contributed by atoms with van der Waals surface area (Å²) in [6.07, 6.45) is 0. The van der Waals surface area contributed by atoms with Crippen molar-refractivity contribution in [1.82, 2.24) is 0 Å². The fourth-order valence-corrected chi connectivity index (χ4v) is 9.80. The average Bonchev–Trinajstić information content (AvgIpc) is 3.84. The summed E-state index contributed by atoms with van der Waals surface area (Å²) in [6, 6.07) is 53.2. The molecule has 9 aromatic carbocycles. The Kier molecular flexibility index (Phi) is 8.59. The van der Waals surface area contributed by atoms with Crippen LogP contribution in [0.3, 0.4) is 0 Å². The highest BCUT2D eigenvalue weighted by atomic mass is 16.3. The van der Waals surface area contributed by atoms with Gasteiger partial charge in [0, 0.05) is 66.8 Å². The molecule has 0 bridgehead atoms. The van der Waals surface area contributed by atoms with Gasteiger partial charge in [0.05, 0.1) is 0 Å². The number of para-hydroxylation sites is 2. The van der Waals surface area contributed by atoms with E-state index in [1.165, 1.54) is 66.9 Å². The molecule has 0 fully saturated rings. The molecule has 11 rings (SSSR count). The predicted molar refractivity (Wildman–Crippen MR) is 263 cm³/mol. The van der Waals surface area contributed by atoms with Gasteiger partial charge in [-0.1, -0.05) is 72.8 Å². The average molecular weight is 805 g/mol. The van der Waals surface area contributed by atoms with Crippen LogP contribution in [0.15, 0.2) is 154 Å². The summed E-state index contributed by atoms with van der Waals surface area (Å²) in [4.78, 5) is 4.78. The van der Waals surface area contributed by atoms with Gasteiger partial charge in [-0.15, -0.1) is 0 Å². The highest BCUT2D eigenvalue weighted by Crippen LogP contribution is 2.47. The summed E-state index contributed by atoms with van der Waals surface area (Å²) in [5.74, 6) is 0. The van der Waals surface area contributed by atoms with Crippen LogP contribution in [0.25, 0.3) is 65.4 Å². The quantitative estimate of drug-likeness (QED) is 0.168. The first kappa shape index (κ1) is 37.7. The summed E-state index contributed by atoms with van der Waals surface area (Å²) in [7, 11) is 0. The van der Waals surface area contributed by atoms with Gasteiger partial charge in [0.2, 0.25) is 0 Å². The van der Waals surface area contributed by atoms with Crippen molar-refractivity contribution < 1.29 is 8.83 Å². The van der Waals surface area contributed by atoms with E-state index < -0.39 is 0 Å². The Bertz CT molecular complexity index is 3400. The van der Waals surface area contributed by atoms with Crippen LogP contribution in [-0.4, -0.2) is 0 Å². The Labute approximate surface area is 362 Å². The lowest BCUT2D eigenvalue weighted by Gasteiger charge is -2.29. The van der Waals surface area contributed by atoms with Crippen molar-refractivity contribution in [3.63, 3.8) is 0 Å². The SMILES string of the molecule is Cc1ccc(C)c(N(c2ccc3cc4c(cc3c2)oc2c(C)c3c(oc5cc6cc(N(c7ccccc7C)c7cc(C)ccc7C)ccc6cc53)c(C)c24)c2ccccc2C)c1. The first-order chi connectivity index (χ1) is 30.0. The second-order valence-corrected chi connectivity index (χ2v) is 17.4. The van der Waals surface area contributed by atoms with E-state index in [9.17, 15) is 0 Å². The van der Waals surface area contributed by atoms with Gasteiger partial charge in [-0.2, -0.15) is 0 Å². The van der Waals surface area contributed by atoms with Gasteiger partial charge in [0.25, 0.3) is 0 Å². The van der Waals surface area contributed by atoms with Crippen LogP contribution in [0.5, 0.6) is 0 Å². The van der Waals surface area contributed by atoms with Crippen LogP contribution >= 0.6 is 0 Å². The van der Waals surface area contributed by atoms with Crippen molar-refractivity contribution >= 4 is 99.5 Å². The summed E-state index contributed by atoms with van der Waals surface area (Å²) in [5, 5.41) is 9.02. The molecular weight excluding hydrogens is 757 g/mol. The molecule has 2 aromatic heterocycles. The number of benzene rings is 9. The zero-order chi connectivity index (χ0) is 42.6. The van der Waals surface area contributed by atoms with Crippen LogP contribution < -0.4 is 9.80 Å². The van der Waals surface area contributed by atoms with Crippen LogP contribution in [0.2, 0.25) is 0 Å². The van der Waals surface area contributed by atoms with Crippen LogP contribution in [-0.2, 0) is 0 Å². The van der Waals surface area contributed by atoms with Gasteiger partial charge in [0.1, 0.15) is 22.3 Å². The maximum Gasteiger partial charge on any atom is 0.139 e. The number of rotatable bonds is 6. The second kappa shape index (κ2) is 14.1. The Morgan fingerprint density at radius 2 is 0.742 bits per heavy atom. The van der Waals surface area contributed by atoms with E-state index in [0.29, 0.717) is 0 Å². The maximum absolute atomic E-state index is 6.90. The van der Waals surface area contributed by atoms with Crippen molar-refractivity contribution in [1.29, 1.82) is 0 Å². The molecule has 62 heavy (non-hydrogen) atoms. The lowest BCUT2D eigenvalue weighted by atomic mass is 9.97. The predicted octanol–water partition coefficient (Wildman–Crippen LogP) is 17.2.